The molecule has 7 heteroatoms. The number of benzene rings is 1. The third-order valence-electron chi connectivity index (χ3n) is 3.91. The average molecular weight is 367 g/mol. The Morgan fingerprint density at radius 2 is 2.14 bits per heavy atom. The Kier molecular flexibility index (Phi) is 3.90. The summed E-state index contributed by atoms with van der Waals surface area (Å²) in [5.74, 6) is -0.255. The van der Waals surface area contributed by atoms with Gasteiger partial charge in [0.05, 0.1) is 18.7 Å². The summed E-state index contributed by atoms with van der Waals surface area (Å²) in [7, 11) is 0. The van der Waals surface area contributed by atoms with Crippen molar-refractivity contribution in [2.45, 2.75) is 32.4 Å². The number of rotatable bonds is 3. The van der Waals surface area contributed by atoms with Crippen molar-refractivity contribution in [2.24, 2.45) is 0 Å². The molecule has 1 fully saturated rings. The number of amides is 3. The molecule has 1 N–H and O–H groups in total. The molecule has 1 atom stereocenters. The molecule has 2 heterocycles. The Hall–Kier alpha value is -1.89. The zero-order valence-electron chi connectivity index (χ0n) is 12.0. The van der Waals surface area contributed by atoms with Crippen LogP contribution in [-0.2, 0) is 16.1 Å². The predicted octanol–water partition coefficient (Wildman–Crippen LogP) is 1.61. The summed E-state index contributed by atoms with van der Waals surface area (Å²) in [5.41, 5.74) is 1.32. The van der Waals surface area contributed by atoms with Gasteiger partial charge in [-0.2, -0.15) is 0 Å². The van der Waals surface area contributed by atoms with Crippen LogP contribution in [-0.4, -0.2) is 35.3 Å². The van der Waals surface area contributed by atoms with E-state index in [9.17, 15) is 14.4 Å². The summed E-state index contributed by atoms with van der Waals surface area (Å²) in [5, 5.41) is 2.29. The highest BCUT2D eigenvalue weighted by Gasteiger charge is 2.41. The maximum atomic E-state index is 12.7. The van der Waals surface area contributed by atoms with E-state index in [0.717, 1.165) is 5.56 Å². The molecule has 3 rings (SSSR count). The van der Waals surface area contributed by atoms with E-state index in [-0.39, 0.29) is 18.2 Å². The Morgan fingerprint density at radius 1 is 1.36 bits per heavy atom. The molecule has 1 saturated heterocycles. The number of nitrogens with one attached hydrogen (secondary N) is 1. The lowest BCUT2D eigenvalue weighted by atomic mass is 10.0. The molecule has 1 aromatic rings. The number of ether oxygens (including phenoxy) is 1. The molecule has 1 aromatic carbocycles. The highest BCUT2D eigenvalue weighted by Crippen LogP contribution is 2.37. The van der Waals surface area contributed by atoms with Gasteiger partial charge in [-0.05, 0) is 41.4 Å². The zero-order chi connectivity index (χ0) is 15.9. The number of imide groups is 1. The zero-order valence-corrected chi connectivity index (χ0v) is 13.6. The standard InChI is InChI=1S/C15H15BrN2O4/c1-2-22-11-5-3-9(16)13-8(11)7-18(15(13)21)10-4-6-12(19)17-14(10)20/h3,5,10H,2,4,6-7H2,1H3,(H,17,19,20). The summed E-state index contributed by atoms with van der Waals surface area (Å²) in [6, 6.07) is 2.97. The number of halogens is 1. The van der Waals surface area contributed by atoms with Crippen LogP contribution < -0.4 is 10.1 Å². The number of piperidine rings is 1. The summed E-state index contributed by atoms with van der Waals surface area (Å²) in [4.78, 5) is 37.5. The molecule has 0 bridgehead atoms. The quantitative estimate of drug-likeness (QED) is 0.824. The smallest absolute Gasteiger partial charge is 0.256 e. The first-order valence-electron chi connectivity index (χ1n) is 7.11. The number of nitrogens with zero attached hydrogens (tertiary/aromatic N) is 1. The molecule has 2 aliphatic heterocycles. The number of fused-ring (bicyclic) bond motifs is 1. The van der Waals surface area contributed by atoms with Gasteiger partial charge in [0.15, 0.2) is 0 Å². The van der Waals surface area contributed by atoms with Gasteiger partial charge < -0.3 is 9.64 Å². The van der Waals surface area contributed by atoms with Gasteiger partial charge in [0.2, 0.25) is 11.8 Å². The fraction of sp³-hybridized carbons (Fsp3) is 0.400. The largest absolute Gasteiger partial charge is 0.494 e. The SMILES string of the molecule is CCOc1ccc(Br)c2c1CN(C1CCC(=O)NC1=O)C2=O. The van der Waals surface area contributed by atoms with Gasteiger partial charge in [0.25, 0.3) is 5.91 Å². The monoisotopic (exact) mass is 366 g/mol. The van der Waals surface area contributed by atoms with Crippen molar-refractivity contribution in [1.82, 2.24) is 10.2 Å². The lowest BCUT2D eigenvalue weighted by Gasteiger charge is -2.29. The summed E-state index contributed by atoms with van der Waals surface area (Å²) in [6.07, 6.45) is 0.599. The van der Waals surface area contributed by atoms with Crippen molar-refractivity contribution >= 4 is 33.7 Å². The number of carbonyl (C=O) groups is 3. The van der Waals surface area contributed by atoms with Crippen LogP contribution in [0.15, 0.2) is 16.6 Å². The first-order valence-corrected chi connectivity index (χ1v) is 7.91. The van der Waals surface area contributed by atoms with Crippen molar-refractivity contribution in [2.75, 3.05) is 6.61 Å². The van der Waals surface area contributed by atoms with Crippen molar-refractivity contribution in [3.05, 3.63) is 27.7 Å². The van der Waals surface area contributed by atoms with E-state index in [0.29, 0.717) is 35.4 Å². The number of hydrogen-bond acceptors (Lipinski definition) is 4. The molecule has 0 spiro atoms. The Bertz CT molecular complexity index is 674. The molecule has 0 aromatic heterocycles. The predicted molar refractivity (Wildman–Crippen MR) is 81.4 cm³/mol. The van der Waals surface area contributed by atoms with Crippen LogP contribution in [0.1, 0.15) is 35.7 Å². The Balaban J connectivity index is 1.94. The van der Waals surface area contributed by atoms with E-state index >= 15 is 0 Å². The van der Waals surface area contributed by atoms with E-state index in [1.165, 1.54) is 4.90 Å². The van der Waals surface area contributed by atoms with Gasteiger partial charge >= 0.3 is 0 Å². The maximum absolute atomic E-state index is 12.7. The van der Waals surface area contributed by atoms with Crippen LogP contribution in [0, 0.1) is 0 Å². The van der Waals surface area contributed by atoms with Crippen molar-refractivity contribution in [3.8, 4) is 5.75 Å². The van der Waals surface area contributed by atoms with E-state index in [1.807, 2.05) is 13.0 Å². The van der Waals surface area contributed by atoms with E-state index in [1.54, 1.807) is 6.07 Å². The highest BCUT2D eigenvalue weighted by molar-refractivity contribution is 9.10. The first kappa shape index (κ1) is 15.0. The number of hydrogen-bond donors (Lipinski definition) is 1. The van der Waals surface area contributed by atoms with Crippen LogP contribution in [0.4, 0.5) is 0 Å². The molecule has 1 unspecified atom stereocenters. The minimum Gasteiger partial charge on any atom is -0.494 e. The second kappa shape index (κ2) is 5.72. The minimum absolute atomic E-state index is 0.210. The fourth-order valence-electron chi connectivity index (χ4n) is 2.90. The lowest BCUT2D eigenvalue weighted by molar-refractivity contribution is -0.136. The molecule has 2 aliphatic rings. The first-order chi connectivity index (χ1) is 10.5. The van der Waals surface area contributed by atoms with Crippen molar-refractivity contribution in [1.29, 1.82) is 0 Å². The van der Waals surface area contributed by atoms with Gasteiger partial charge in [-0.15, -0.1) is 0 Å². The lowest BCUT2D eigenvalue weighted by Crippen LogP contribution is -2.52. The maximum Gasteiger partial charge on any atom is 0.256 e. The van der Waals surface area contributed by atoms with Crippen LogP contribution in [0.2, 0.25) is 0 Å². The molecule has 0 radical (unpaired) electrons. The normalized spacial score (nSPS) is 20.9. The summed E-state index contributed by atoms with van der Waals surface area (Å²) >= 11 is 3.39. The molecule has 116 valence electrons. The second-order valence-electron chi connectivity index (χ2n) is 5.23. The molecule has 6 nitrogen and oxygen atoms in total. The molecule has 22 heavy (non-hydrogen) atoms. The van der Waals surface area contributed by atoms with Crippen molar-refractivity contribution in [3.63, 3.8) is 0 Å². The Labute approximate surface area is 135 Å². The number of carbonyl (C=O) groups excluding carboxylic acids is 3. The van der Waals surface area contributed by atoms with Crippen LogP contribution >= 0.6 is 15.9 Å². The molecular weight excluding hydrogens is 352 g/mol. The van der Waals surface area contributed by atoms with E-state index < -0.39 is 11.9 Å². The van der Waals surface area contributed by atoms with Gasteiger partial charge in [0.1, 0.15) is 11.8 Å². The van der Waals surface area contributed by atoms with Gasteiger partial charge in [0, 0.05) is 16.5 Å². The fourth-order valence-corrected chi connectivity index (χ4v) is 3.44. The third-order valence-corrected chi connectivity index (χ3v) is 4.57. The molecular formula is C15H15BrN2O4. The summed E-state index contributed by atoms with van der Waals surface area (Å²) < 4.78 is 6.26. The van der Waals surface area contributed by atoms with Crippen LogP contribution in [0.25, 0.3) is 0 Å². The van der Waals surface area contributed by atoms with E-state index in [4.69, 9.17) is 4.74 Å². The molecule has 0 aliphatic carbocycles. The van der Waals surface area contributed by atoms with Gasteiger partial charge in [-0.1, -0.05) is 0 Å². The van der Waals surface area contributed by atoms with E-state index in [2.05, 4.69) is 21.2 Å². The van der Waals surface area contributed by atoms with Crippen molar-refractivity contribution < 1.29 is 19.1 Å². The molecule has 0 saturated carbocycles. The van der Waals surface area contributed by atoms with Crippen LogP contribution in [0.5, 0.6) is 5.75 Å². The molecule has 3 amide bonds. The minimum atomic E-state index is -0.612. The summed E-state index contributed by atoms with van der Waals surface area (Å²) in [6.45, 7) is 2.69. The van der Waals surface area contributed by atoms with Gasteiger partial charge in [-0.25, -0.2) is 0 Å². The average Bonchev–Trinajstić information content (AvgIpc) is 2.81. The topological polar surface area (TPSA) is 75.7 Å². The Morgan fingerprint density at radius 3 is 2.82 bits per heavy atom. The highest BCUT2D eigenvalue weighted by atomic mass is 79.9. The third kappa shape index (κ3) is 2.39. The second-order valence-corrected chi connectivity index (χ2v) is 6.09. The van der Waals surface area contributed by atoms with Gasteiger partial charge in [-0.3, -0.25) is 19.7 Å². The van der Waals surface area contributed by atoms with Crippen LogP contribution in [0.3, 0.4) is 0 Å².